The second kappa shape index (κ2) is 7.63. The van der Waals surface area contributed by atoms with Gasteiger partial charge in [0, 0.05) is 12.2 Å². The number of ether oxygens (including phenoxy) is 1. The summed E-state index contributed by atoms with van der Waals surface area (Å²) in [5.41, 5.74) is -2.45. The number of nitriles is 1. The van der Waals surface area contributed by atoms with Gasteiger partial charge in [-0.15, -0.1) is 0 Å². The van der Waals surface area contributed by atoms with Crippen LogP contribution < -0.4 is 4.90 Å². The number of methoxy groups -OCH3 is 1. The Bertz CT molecular complexity index is 663. The van der Waals surface area contributed by atoms with E-state index in [2.05, 4.69) is 4.74 Å². The SMILES string of the molecule is COC(=O)C(C)CN(CC(F)(F)F)c1ccc(C#N)c(C(F)(F)F)c1. The largest absolute Gasteiger partial charge is 0.469 e. The molecule has 1 rings (SSSR count). The fraction of sp³-hybridized carbons (Fsp3) is 0.467. The van der Waals surface area contributed by atoms with E-state index in [1.165, 1.54) is 13.0 Å². The number of nitrogens with zero attached hydrogens (tertiary/aromatic N) is 2. The van der Waals surface area contributed by atoms with Crippen molar-refractivity contribution < 1.29 is 35.9 Å². The maximum Gasteiger partial charge on any atom is 0.417 e. The molecule has 0 radical (unpaired) electrons. The molecule has 4 nitrogen and oxygen atoms in total. The van der Waals surface area contributed by atoms with E-state index in [4.69, 9.17) is 5.26 Å². The molecule has 0 aliphatic heterocycles. The van der Waals surface area contributed by atoms with Gasteiger partial charge in [0.25, 0.3) is 0 Å². The first kappa shape index (κ1) is 20.6. The highest BCUT2D eigenvalue weighted by atomic mass is 19.4. The predicted octanol–water partition coefficient (Wildman–Crippen LogP) is 3.75. The normalized spacial score (nSPS) is 13.1. The van der Waals surface area contributed by atoms with E-state index in [-0.39, 0.29) is 0 Å². The average molecular weight is 368 g/mol. The molecule has 0 amide bonds. The lowest BCUT2D eigenvalue weighted by atomic mass is 10.1. The van der Waals surface area contributed by atoms with Gasteiger partial charge in [0.05, 0.1) is 30.2 Å². The third-order valence-electron chi connectivity index (χ3n) is 3.26. The summed E-state index contributed by atoms with van der Waals surface area (Å²) < 4.78 is 81.7. The number of carbonyl (C=O) groups is 1. The maximum absolute atomic E-state index is 13.0. The fourth-order valence-electron chi connectivity index (χ4n) is 2.14. The molecule has 0 heterocycles. The van der Waals surface area contributed by atoms with E-state index in [0.29, 0.717) is 11.0 Å². The van der Waals surface area contributed by atoms with Gasteiger partial charge < -0.3 is 9.64 Å². The molecule has 25 heavy (non-hydrogen) atoms. The lowest BCUT2D eigenvalue weighted by Crippen LogP contribution is -2.39. The molecule has 10 heteroatoms. The minimum Gasteiger partial charge on any atom is -0.469 e. The van der Waals surface area contributed by atoms with Crippen molar-refractivity contribution in [1.29, 1.82) is 5.26 Å². The molecule has 1 unspecified atom stereocenters. The molecule has 0 bridgehead atoms. The molecule has 0 aliphatic rings. The summed E-state index contributed by atoms with van der Waals surface area (Å²) in [5, 5.41) is 8.74. The fourth-order valence-corrected chi connectivity index (χ4v) is 2.14. The van der Waals surface area contributed by atoms with Crippen molar-refractivity contribution in [1.82, 2.24) is 0 Å². The van der Waals surface area contributed by atoms with Crippen LogP contribution in [0.4, 0.5) is 32.0 Å². The average Bonchev–Trinajstić information content (AvgIpc) is 2.50. The van der Waals surface area contributed by atoms with Crippen molar-refractivity contribution in [2.45, 2.75) is 19.3 Å². The summed E-state index contributed by atoms with van der Waals surface area (Å²) in [6.45, 7) is -0.767. The Hall–Kier alpha value is -2.44. The highest BCUT2D eigenvalue weighted by Crippen LogP contribution is 2.35. The van der Waals surface area contributed by atoms with Crippen LogP contribution in [0.2, 0.25) is 0 Å². The Kier molecular flexibility index (Phi) is 6.29. The van der Waals surface area contributed by atoms with Gasteiger partial charge in [0.1, 0.15) is 6.54 Å². The summed E-state index contributed by atoms with van der Waals surface area (Å²) in [6, 6.07) is 3.59. The Morgan fingerprint density at radius 3 is 2.32 bits per heavy atom. The predicted molar refractivity (Wildman–Crippen MR) is 75.6 cm³/mol. The van der Waals surface area contributed by atoms with Crippen molar-refractivity contribution >= 4 is 11.7 Å². The molecule has 1 aromatic carbocycles. The minimum atomic E-state index is -4.90. The van der Waals surface area contributed by atoms with Gasteiger partial charge in [0.15, 0.2) is 0 Å². The third kappa shape index (κ3) is 5.85. The summed E-state index contributed by atoms with van der Waals surface area (Å²) in [5.74, 6) is -1.80. The number of hydrogen-bond acceptors (Lipinski definition) is 4. The van der Waals surface area contributed by atoms with Crippen LogP contribution in [0.15, 0.2) is 18.2 Å². The first-order chi connectivity index (χ1) is 11.4. The van der Waals surface area contributed by atoms with Crippen LogP contribution in [0.3, 0.4) is 0 Å². The first-order valence-corrected chi connectivity index (χ1v) is 6.90. The highest BCUT2D eigenvalue weighted by molar-refractivity contribution is 5.72. The van der Waals surface area contributed by atoms with Gasteiger partial charge >= 0.3 is 18.3 Å². The van der Waals surface area contributed by atoms with Crippen molar-refractivity contribution in [3.05, 3.63) is 29.3 Å². The number of hydrogen-bond donors (Lipinski definition) is 0. The van der Waals surface area contributed by atoms with Crippen molar-refractivity contribution in [3.8, 4) is 6.07 Å². The Morgan fingerprint density at radius 1 is 1.28 bits per heavy atom. The van der Waals surface area contributed by atoms with E-state index in [1.807, 2.05) is 0 Å². The molecular formula is C15H14F6N2O2. The van der Waals surface area contributed by atoms with Gasteiger partial charge in [-0.1, -0.05) is 6.92 Å². The molecule has 138 valence electrons. The Balaban J connectivity index is 3.30. The number of esters is 1. The number of halogens is 6. The van der Waals surface area contributed by atoms with Crippen LogP contribution in [0.25, 0.3) is 0 Å². The third-order valence-corrected chi connectivity index (χ3v) is 3.26. The van der Waals surface area contributed by atoms with Crippen LogP contribution in [0.5, 0.6) is 0 Å². The Morgan fingerprint density at radius 2 is 1.88 bits per heavy atom. The highest BCUT2D eigenvalue weighted by Gasteiger charge is 2.36. The molecule has 0 aromatic heterocycles. The number of alkyl halides is 6. The van der Waals surface area contributed by atoms with Gasteiger partial charge in [0.2, 0.25) is 0 Å². The maximum atomic E-state index is 13.0. The summed E-state index contributed by atoms with van der Waals surface area (Å²) in [7, 11) is 1.05. The molecule has 1 aromatic rings. The molecule has 0 saturated carbocycles. The lowest BCUT2D eigenvalue weighted by molar-refractivity contribution is -0.145. The Labute approximate surface area is 139 Å². The lowest BCUT2D eigenvalue weighted by Gasteiger charge is -2.28. The van der Waals surface area contributed by atoms with Gasteiger partial charge in [-0.3, -0.25) is 4.79 Å². The van der Waals surface area contributed by atoms with E-state index in [1.54, 1.807) is 0 Å². The molecule has 0 aliphatic carbocycles. The molecule has 0 saturated heterocycles. The zero-order chi connectivity index (χ0) is 19.4. The summed E-state index contributed by atoms with van der Waals surface area (Å²) in [4.78, 5) is 12.0. The van der Waals surface area contributed by atoms with Crippen molar-refractivity contribution in [2.75, 3.05) is 25.1 Å². The van der Waals surface area contributed by atoms with Gasteiger partial charge in [-0.05, 0) is 18.2 Å². The van der Waals surface area contributed by atoms with Crippen LogP contribution >= 0.6 is 0 Å². The van der Waals surface area contributed by atoms with E-state index < -0.39 is 54.1 Å². The molecular weight excluding hydrogens is 354 g/mol. The quantitative estimate of drug-likeness (QED) is 0.587. The number of carbonyl (C=O) groups excluding carboxylic acids is 1. The second-order valence-electron chi connectivity index (χ2n) is 5.26. The van der Waals surface area contributed by atoms with Crippen LogP contribution in [-0.4, -0.2) is 32.3 Å². The molecule has 1 atom stereocenters. The number of benzene rings is 1. The van der Waals surface area contributed by atoms with Gasteiger partial charge in [-0.2, -0.15) is 31.6 Å². The molecule has 0 N–H and O–H groups in total. The first-order valence-electron chi connectivity index (χ1n) is 6.90. The zero-order valence-corrected chi connectivity index (χ0v) is 13.2. The van der Waals surface area contributed by atoms with E-state index >= 15 is 0 Å². The smallest absolute Gasteiger partial charge is 0.417 e. The summed E-state index contributed by atoms with van der Waals surface area (Å²) >= 11 is 0. The topological polar surface area (TPSA) is 53.3 Å². The van der Waals surface area contributed by atoms with E-state index in [0.717, 1.165) is 19.2 Å². The van der Waals surface area contributed by atoms with Crippen LogP contribution in [-0.2, 0) is 15.7 Å². The second-order valence-corrected chi connectivity index (χ2v) is 5.26. The van der Waals surface area contributed by atoms with Crippen molar-refractivity contribution in [2.24, 2.45) is 5.92 Å². The van der Waals surface area contributed by atoms with E-state index in [9.17, 15) is 31.1 Å². The van der Waals surface area contributed by atoms with Gasteiger partial charge in [-0.25, -0.2) is 0 Å². The minimum absolute atomic E-state index is 0.403. The van der Waals surface area contributed by atoms with Crippen LogP contribution in [0, 0.1) is 17.2 Å². The summed E-state index contributed by atoms with van der Waals surface area (Å²) in [6.07, 6.45) is -9.61. The number of rotatable bonds is 5. The molecule has 0 fully saturated rings. The standard InChI is InChI=1S/C15H14F6N2O2/c1-9(13(24)25-2)7-23(8-14(16,17)18)11-4-3-10(6-22)12(5-11)15(19,20)21/h3-5,9H,7-8H2,1-2H3. The van der Waals surface area contributed by atoms with Crippen LogP contribution in [0.1, 0.15) is 18.1 Å². The monoisotopic (exact) mass is 368 g/mol. The number of anilines is 1. The van der Waals surface area contributed by atoms with Crippen molar-refractivity contribution in [3.63, 3.8) is 0 Å². The zero-order valence-electron chi connectivity index (χ0n) is 13.2. The molecule has 0 spiro atoms.